The molecule has 1 radical (unpaired) electrons. The average molecular weight is 143 g/mol. The Bertz CT molecular complexity index is 81.3. The van der Waals surface area contributed by atoms with Crippen LogP contribution < -0.4 is 0 Å². The number of unbranched alkanes of at least 4 members (excludes halogenated alkanes) is 2. The summed E-state index contributed by atoms with van der Waals surface area (Å²) < 4.78 is 4.58. The van der Waals surface area contributed by atoms with Gasteiger partial charge in [-0.2, -0.15) is 0 Å². The SMILES string of the molecule is CCCCCC(C)O[C]=O. The molecule has 59 valence electrons. The summed E-state index contributed by atoms with van der Waals surface area (Å²) >= 11 is 0. The first-order valence-electron chi connectivity index (χ1n) is 3.84. The maximum Gasteiger partial charge on any atom is 0.417 e. The first kappa shape index (κ1) is 9.47. The highest BCUT2D eigenvalue weighted by molar-refractivity contribution is 5.38. The third-order valence-electron chi connectivity index (χ3n) is 1.46. The Balaban J connectivity index is 3.04. The van der Waals surface area contributed by atoms with Crippen molar-refractivity contribution in [2.45, 2.75) is 45.6 Å². The number of ether oxygens (including phenoxy) is 1. The molecule has 2 heteroatoms. The smallest absolute Gasteiger partial charge is 0.417 e. The van der Waals surface area contributed by atoms with Crippen LogP contribution in [-0.4, -0.2) is 12.6 Å². The Labute approximate surface area is 62.6 Å². The monoisotopic (exact) mass is 143 g/mol. The van der Waals surface area contributed by atoms with Gasteiger partial charge in [-0.3, -0.25) is 0 Å². The average Bonchev–Trinajstić information content (AvgIpc) is 1.89. The molecular weight excluding hydrogens is 128 g/mol. The van der Waals surface area contributed by atoms with Crippen LogP contribution in [0.1, 0.15) is 39.5 Å². The fraction of sp³-hybridized carbons (Fsp3) is 0.875. The summed E-state index contributed by atoms with van der Waals surface area (Å²) in [5.74, 6) is 0. The summed E-state index contributed by atoms with van der Waals surface area (Å²) in [6.45, 7) is 5.48. The van der Waals surface area contributed by atoms with E-state index in [1.54, 1.807) is 0 Å². The largest absolute Gasteiger partial charge is 0.454 e. The zero-order valence-electron chi connectivity index (χ0n) is 6.72. The van der Waals surface area contributed by atoms with Crippen molar-refractivity contribution < 1.29 is 9.53 Å². The van der Waals surface area contributed by atoms with Gasteiger partial charge in [0.05, 0.1) is 6.10 Å². The lowest BCUT2D eigenvalue weighted by atomic mass is 10.1. The summed E-state index contributed by atoms with van der Waals surface area (Å²) in [5, 5.41) is 0. The van der Waals surface area contributed by atoms with Crippen LogP contribution in [0.4, 0.5) is 0 Å². The van der Waals surface area contributed by atoms with Crippen LogP contribution in [0.5, 0.6) is 0 Å². The van der Waals surface area contributed by atoms with Crippen LogP contribution in [0.2, 0.25) is 0 Å². The van der Waals surface area contributed by atoms with Crippen molar-refractivity contribution in [2.24, 2.45) is 0 Å². The fourth-order valence-corrected chi connectivity index (χ4v) is 0.823. The number of hydrogen-bond acceptors (Lipinski definition) is 2. The van der Waals surface area contributed by atoms with E-state index in [-0.39, 0.29) is 6.10 Å². The van der Waals surface area contributed by atoms with Gasteiger partial charge in [0.1, 0.15) is 0 Å². The van der Waals surface area contributed by atoms with E-state index in [1.807, 2.05) is 6.92 Å². The number of hydrogen-bond donors (Lipinski definition) is 0. The molecule has 0 aliphatic carbocycles. The van der Waals surface area contributed by atoms with Gasteiger partial charge in [-0.1, -0.05) is 19.8 Å². The second kappa shape index (κ2) is 6.59. The summed E-state index contributed by atoms with van der Waals surface area (Å²) in [6.07, 6.45) is 4.57. The van der Waals surface area contributed by atoms with E-state index in [4.69, 9.17) is 0 Å². The van der Waals surface area contributed by atoms with Gasteiger partial charge in [0.15, 0.2) is 0 Å². The number of rotatable bonds is 6. The highest BCUT2D eigenvalue weighted by Gasteiger charge is 1.99. The number of carbonyl (C=O) groups excluding carboxylic acids is 1. The molecule has 0 aromatic carbocycles. The fourth-order valence-electron chi connectivity index (χ4n) is 0.823. The van der Waals surface area contributed by atoms with E-state index >= 15 is 0 Å². The van der Waals surface area contributed by atoms with Gasteiger partial charge in [0, 0.05) is 0 Å². The molecule has 10 heavy (non-hydrogen) atoms. The lowest BCUT2D eigenvalue weighted by Crippen LogP contribution is -2.05. The first-order valence-corrected chi connectivity index (χ1v) is 3.84. The topological polar surface area (TPSA) is 26.3 Å². The van der Waals surface area contributed by atoms with Crippen LogP contribution in [0.3, 0.4) is 0 Å². The van der Waals surface area contributed by atoms with Gasteiger partial charge in [-0.15, -0.1) is 0 Å². The summed E-state index contributed by atoms with van der Waals surface area (Å²) in [7, 11) is 0. The van der Waals surface area contributed by atoms with E-state index in [9.17, 15) is 4.79 Å². The summed E-state index contributed by atoms with van der Waals surface area (Å²) in [6, 6.07) is 0. The van der Waals surface area contributed by atoms with Gasteiger partial charge in [-0.25, -0.2) is 4.79 Å². The molecule has 0 fully saturated rings. The Morgan fingerprint density at radius 2 is 2.20 bits per heavy atom. The highest BCUT2D eigenvalue weighted by atomic mass is 16.5. The van der Waals surface area contributed by atoms with Crippen LogP contribution in [0.25, 0.3) is 0 Å². The van der Waals surface area contributed by atoms with Gasteiger partial charge >= 0.3 is 6.47 Å². The van der Waals surface area contributed by atoms with Crippen molar-refractivity contribution in [3.63, 3.8) is 0 Å². The lowest BCUT2D eigenvalue weighted by Gasteiger charge is -2.06. The maximum atomic E-state index is 9.70. The Kier molecular flexibility index (Phi) is 6.24. The van der Waals surface area contributed by atoms with Crippen LogP contribution in [0.15, 0.2) is 0 Å². The van der Waals surface area contributed by atoms with E-state index in [0.29, 0.717) is 0 Å². The standard InChI is InChI=1S/C8H15O2/c1-3-4-5-6-8(2)10-7-9/h8H,3-6H2,1-2H3. The zero-order valence-corrected chi connectivity index (χ0v) is 6.72. The molecule has 0 aliphatic heterocycles. The molecule has 0 heterocycles. The first-order chi connectivity index (χ1) is 4.81. The predicted molar refractivity (Wildman–Crippen MR) is 40.4 cm³/mol. The second-order valence-corrected chi connectivity index (χ2v) is 2.51. The van der Waals surface area contributed by atoms with Crippen molar-refractivity contribution in [2.75, 3.05) is 0 Å². The van der Waals surface area contributed by atoms with Crippen molar-refractivity contribution in [3.05, 3.63) is 0 Å². The third-order valence-corrected chi connectivity index (χ3v) is 1.46. The molecule has 0 rings (SSSR count). The highest BCUT2D eigenvalue weighted by Crippen LogP contribution is 2.04. The molecule has 0 aromatic rings. The molecule has 1 unspecified atom stereocenters. The van der Waals surface area contributed by atoms with Gasteiger partial charge in [0.2, 0.25) is 0 Å². The van der Waals surface area contributed by atoms with E-state index < -0.39 is 0 Å². The minimum absolute atomic E-state index is 0.0454. The second-order valence-electron chi connectivity index (χ2n) is 2.51. The Morgan fingerprint density at radius 3 is 2.70 bits per heavy atom. The summed E-state index contributed by atoms with van der Waals surface area (Å²) in [4.78, 5) is 9.70. The normalized spacial score (nSPS) is 12.6. The third kappa shape index (κ3) is 5.60. The Hall–Kier alpha value is -0.530. The molecule has 0 aromatic heterocycles. The predicted octanol–water partition coefficient (Wildman–Crippen LogP) is 2.04. The van der Waals surface area contributed by atoms with Crippen LogP contribution >= 0.6 is 0 Å². The molecule has 0 N–H and O–H groups in total. The van der Waals surface area contributed by atoms with E-state index in [0.717, 1.165) is 12.8 Å². The van der Waals surface area contributed by atoms with Gasteiger partial charge in [-0.05, 0) is 19.8 Å². The molecular formula is C8H15O2. The van der Waals surface area contributed by atoms with Gasteiger partial charge in [0.25, 0.3) is 0 Å². The minimum Gasteiger partial charge on any atom is -0.454 e. The molecule has 0 spiro atoms. The van der Waals surface area contributed by atoms with E-state index in [1.165, 1.54) is 19.3 Å². The van der Waals surface area contributed by atoms with Gasteiger partial charge < -0.3 is 4.74 Å². The quantitative estimate of drug-likeness (QED) is 0.532. The molecule has 0 bridgehead atoms. The molecule has 1 atom stereocenters. The molecule has 2 nitrogen and oxygen atoms in total. The van der Waals surface area contributed by atoms with Crippen molar-refractivity contribution in [1.29, 1.82) is 0 Å². The molecule has 0 aliphatic rings. The van der Waals surface area contributed by atoms with Crippen LogP contribution in [-0.2, 0) is 9.53 Å². The van der Waals surface area contributed by atoms with Crippen LogP contribution in [0, 0.1) is 0 Å². The van der Waals surface area contributed by atoms with Crippen molar-refractivity contribution >= 4 is 6.47 Å². The van der Waals surface area contributed by atoms with Crippen molar-refractivity contribution in [3.8, 4) is 0 Å². The molecule has 0 saturated carbocycles. The van der Waals surface area contributed by atoms with E-state index in [2.05, 4.69) is 11.7 Å². The summed E-state index contributed by atoms with van der Waals surface area (Å²) in [5.41, 5.74) is 0. The Morgan fingerprint density at radius 1 is 1.50 bits per heavy atom. The lowest BCUT2D eigenvalue weighted by molar-refractivity contribution is 0.181. The molecule has 0 saturated heterocycles. The minimum atomic E-state index is 0.0454. The maximum absolute atomic E-state index is 9.70. The molecule has 0 amide bonds. The van der Waals surface area contributed by atoms with Crippen molar-refractivity contribution in [1.82, 2.24) is 0 Å². The zero-order chi connectivity index (χ0) is 7.82.